The van der Waals surface area contributed by atoms with Crippen LogP contribution in [0, 0.1) is 0 Å². The Morgan fingerprint density at radius 3 is 2.73 bits per heavy atom. The van der Waals surface area contributed by atoms with Crippen LogP contribution in [0.2, 0.25) is 0 Å². The van der Waals surface area contributed by atoms with Gasteiger partial charge in [0.1, 0.15) is 0 Å². The highest BCUT2D eigenvalue weighted by Gasteiger charge is 2.09. The lowest BCUT2D eigenvalue weighted by Crippen LogP contribution is -2.41. The molecule has 0 aromatic heterocycles. The molecule has 90 valence electrons. The van der Waals surface area contributed by atoms with E-state index in [9.17, 15) is 0 Å². The molecule has 5 heteroatoms. The smallest absolute Gasteiger partial charge is 0.156 e. The first-order valence-corrected chi connectivity index (χ1v) is 5.46. The van der Waals surface area contributed by atoms with Crippen LogP contribution < -0.4 is 11.1 Å². The summed E-state index contributed by atoms with van der Waals surface area (Å²) in [5.74, 6) is 0.259. The van der Waals surface area contributed by atoms with Crippen molar-refractivity contribution in [1.29, 1.82) is 0 Å². The molecular formula is C10H23N3O2. The lowest BCUT2D eigenvalue weighted by Gasteiger charge is -2.14. The number of nitrogens with one attached hydrogen (secondary N) is 1. The van der Waals surface area contributed by atoms with Gasteiger partial charge in [0.15, 0.2) is 5.84 Å². The second-order valence-corrected chi connectivity index (χ2v) is 3.49. The molecule has 4 N–H and O–H groups in total. The number of rotatable bonds is 9. The quantitative estimate of drug-likeness (QED) is 0.176. The molecule has 0 aromatic rings. The van der Waals surface area contributed by atoms with Crippen molar-refractivity contribution in [3.05, 3.63) is 0 Å². The number of nitrogens with two attached hydrogens (primary N) is 1. The van der Waals surface area contributed by atoms with E-state index in [4.69, 9.17) is 15.7 Å². The molecule has 0 aliphatic carbocycles. The molecule has 5 nitrogen and oxygen atoms in total. The van der Waals surface area contributed by atoms with E-state index in [1.54, 1.807) is 7.11 Å². The van der Waals surface area contributed by atoms with Crippen LogP contribution in [0.1, 0.15) is 32.6 Å². The molecule has 0 saturated carbocycles. The summed E-state index contributed by atoms with van der Waals surface area (Å²) in [5.41, 5.74) is 5.51. The van der Waals surface area contributed by atoms with E-state index in [0.717, 1.165) is 38.8 Å². The van der Waals surface area contributed by atoms with Crippen molar-refractivity contribution in [3.63, 3.8) is 0 Å². The van der Waals surface area contributed by atoms with Gasteiger partial charge in [0.2, 0.25) is 0 Å². The normalized spacial score (nSPS) is 14.1. The van der Waals surface area contributed by atoms with E-state index < -0.39 is 0 Å². The summed E-state index contributed by atoms with van der Waals surface area (Å²) in [6.07, 6.45) is 4.12. The molecule has 0 fully saturated rings. The summed E-state index contributed by atoms with van der Waals surface area (Å²) in [6.45, 7) is 3.70. The Kier molecular flexibility index (Phi) is 9.21. The number of nitrogens with zero attached hydrogens (tertiary/aromatic N) is 1. The lowest BCUT2D eigenvalue weighted by molar-refractivity contribution is 0.192. The van der Waals surface area contributed by atoms with Crippen molar-refractivity contribution in [2.24, 2.45) is 10.9 Å². The largest absolute Gasteiger partial charge is 0.409 e. The molecule has 0 amide bonds. The first-order valence-electron chi connectivity index (χ1n) is 5.46. The van der Waals surface area contributed by atoms with Crippen LogP contribution >= 0.6 is 0 Å². The van der Waals surface area contributed by atoms with Crippen LogP contribution in [0.4, 0.5) is 0 Å². The Morgan fingerprint density at radius 2 is 2.20 bits per heavy atom. The third kappa shape index (κ3) is 7.16. The van der Waals surface area contributed by atoms with Crippen molar-refractivity contribution in [3.8, 4) is 0 Å². The van der Waals surface area contributed by atoms with E-state index in [0.29, 0.717) is 0 Å². The van der Waals surface area contributed by atoms with Crippen molar-refractivity contribution >= 4 is 5.84 Å². The van der Waals surface area contributed by atoms with Crippen molar-refractivity contribution in [2.45, 2.75) is 38.6 Å². The van der Waals surface area contributed by atoms with Gasteiger partial charge in [-0.15, -0.1) is 0 Å². The SMILES string of the molecule is CCC(NCCCCCOC)C(N)=NO. The summed E-state index contributed by atoms with van der Waals surface area (Å²) in [6, 6.07) is -0.0163. The Morgan fingerprint density at radius 1 is 1.47 bits per heavy atom. The highest BCUT2D eigenvalue weighted by Crippen LogP contribution is 1.96. The number of methoxy groups -OCH3 is 1. The van der Waals surface area contributed by atoms with E-state index in [1.807, 2.05) is 6.92 Å². The van der Waals surface area contributed by atoms with Gasteiger partial charge in [-0.2, -0.15) is 0 Å². The molecule has 0 radical (unpaired) electrons. The Balaban J connectivity index is 3.47. The maximum atomic E-state index is 8.52. The average molecular weight is 217 g/mol. The van der Waals surface area contributed by atoms with Crippen LogP contribution in [-0.2, 0) is 4.74 Å². The minimum absolute atomic E-state index is 0.0163. The number of amidine groups is 1. The van der Waals surface area contributed by atoms with Crippen LogP contribution in [0.5, 0.6) is 0 Å². The fraction of sp³-hybridized carbons (Fsp3) is 0.900. The van der Waals surface area contributed by atoms with E-state index in [2.05, 4.69) is 10.5 Å². The van der Waals surface area contributed by atoms with Gasteiger partial charge in [-0.3, -0.25) is 0 Å². The standard InChI is InChI=1S/C10H23N3O2/c1-3-9(10(11)13-14)12-7-5-4-6-8-15-2/h9,12,14H,3-8H2,1-2H3,(H2,11,13). The topological polar surface area (TPSA) is 79.9 Å². The molecule has 0 spiro atoms. The highest BCUT2D eigenvalue weighted by molar-refractivity contribution is 5.85. The minimum Gasteiger partial charge on any atom is -0.409 e. The maximum Gasteiger partial charge on any atom is 0.156 e. The van der Waals surface area contributed by atoms with Gasteiger partial charge in [0.25, 0.3) is 0 Å². The van der Waals surface area contributed by atoms with Crippen LogP contribution in [-0.4, -0.2) is 37.3 Å². The third-order valence-electron chi connectivity index (χ3n) is 2.30. The molecule has 0 rings (SSSR count). The molecule has 0 heterocycles. The number of hydrogen-bond acceptors (Lipinski definition) is 4. The third-order valence-corrected chi connectivity index (χ3v) is 2.30. The number of unbranched alkanes of at least 4 members (excludes halogenated alkanes) is 2. The van der Waals surface area contributed by atoms with Crippen molar-refractivity contribution in [2.75, 3.05) is 20.3 Å². The summed E-state index contributed by atoms with van der Waals surface area (Å²) in [4.78, 5) is 0. The minimum atomic E-state index is -0.0163. The van der Waals surface area contributed by atoms with Crippen LogP contribution in [0.3, 0.4) is 0 Å². The predicted molar refractivity (Wildman–Crippen MR) is 61.2 cm³/mol. The highest BCUT2D eigenvalue weighted by atomic mass is 16.5. The Hall–Kier alpha value is -0.810. The Labute approximate surface area is 91.7 Å². The van der Waals surface area contributed by atoms with Crippen molar-refractivity contribution < 1.29 is 9.94 Å². The van der Waals surface area contributed by atoms with Gasteiger partial charge in [-0.05, 0) is 32.2 Å². The van der Waals surface area contributed by atoms with E-state index in [-0.39, 0.29) is 11.9 Å². The maximum absolute atomic E-state index is 8.52. The van der Waals surface area contributed by atoms with Gasteiger partial charge < -0.3 is 21.0 Å². The monoisotopic (exact) mass is 217 g/mol. The number of ether oxygens (including phenoxy) is 1. The molecule has 0 aliphatic heterocycles. The molecule has 0 aromatic carbocycles. The van der Waals surface area contributed by atoms with E-state index >= 15 is 0 Å². The second-order valence-electron chi connectivity index (χ2n) is 3.49. The zero-order valence-corrected chi connectivity index (χ0v) is 9.70. The average Bonchev–Trinajstić information content (AvgIpc) is 2.27. The molecule has 15 heavy (non-hydrogen) atoms. The van der Waals surface area contributed by atoms with Crippen LogP contribution in [0.25, 0.3) is 0 Å². The summed E-state index contributed by atoms with van der Waals surface area (Å²) >= 11 is 0. The molecular weight excluding hydrogens is 194 g/mol. The van der Waals surface area contributed by atoms with Crippen LogP contribution in [0.15, 0.2) is 5.16 Å². The fourth-order valence-electron chi connectivity index (χ4n) is 1.35. The zero-order chi connectivity index (χ0) is 11.5. The number of oxime groups is 1. The van der Waals surface area contributed by atoms with E-state index in [1.165, 1.54) is 0 Å². The molecule has 1 atom stereocenters. The van der Waals surface area contributed by atoms with Crippen molar-refractivity contribution in [1.82, 2.24) is 5.32 Å². The lowest BCUT2D eigenvalue weighted by atomic mass is 10.2. The second kappa shape index (κ2) is 9.73. The van der Waals surface area contributed by atoms with Gasteiger partial charge in [-0.1, -0.05) is 12.1 Å². The fourth-order valence-corrected chi connectivity index (χ4v) is 1.35. The molecule has 0 aliphatic rings. The predicted octanol–water partition coefficient (Wildman–Crippen LogP) is 0.918. The summed E-state index contributed by atoms with van der Waals surface area (Å²) in [7, 11) is 1.71. The van der Waals surface area contributed by atoms with Gasteiger partial charge in [0.05, 0.1) is 6.04 Å². The van der Waals surface area contributed by atoms with Gasteiger partial charge in [0, 0.05) is 13.7 Å². The molecule has 0 bridgehead atoms. The van der Waals surface area contributed by atoms with Gasteiger partial charge in [-0.25, -0.2) is 0 Å². The number of hydrogen-bond donors (Lipinski definition) is 3. The first-order chi connectivity index (χ1) is 7.26. The molecule has 0 saturated heterocycles. The van der Waals surface area contributed by atoms with Gasteiger partial charge >= 0.3 is 0 Å². The zero-order valence-electron chi connectivity index (χ0n) is 9.70. The Bertz CT molecular complexity index is 174. The molecule has 1 unspecified atom stereocenters. The first kappa shape index (κ1) is 14.2. The summed E-state index contributed by atoms with van der Waals surface area (Å²) < 4.78 is 4.95. The summed E-state index contributed by atoms with van der Waals surface area (Å²) in [5, 5.41) is 14.8.